The zero-order chi connectivity index (χ0) is 11.5. The Balaban J connectivity index is 2.92. The van der Waals surface area contributed by atoms with Gasteiger partial charge in [0.05, 0.1) is 18.1 Å². The smallest absolute Gasteiger partial charge is 0.324 e. The van der Waals surface area contributed by atoms with Gasteiger partial charge in [-0.3, -0.25) is 0 Å². The summed E-state index contributed by atoms with van der Waals surface area (Å²) in [5.74, 6) is 0. The summed E-state index contributed by atoms with van der Waals surface area (Å²) >= 11 is 0. The number of nitriles is 1. The number of halogens is 3. The molecule has 2 N–H and O–H groups in total. The van der Waals surface area contributed by atoms with Gasteiger partial charge in [-0.25, -0.2) is 0 Å². The van der Waals surface area contributed by atoms with Crippen molar-refractivity contribution in [2.75, 3.05) is 0 Å². The van der Waals surface area contributed by atoms with E-state index in [0.29, 0.717) is 0 Å². The fourth-order valence-electron chi connectivity index (χ4n) is 1.28. The molecule has 0 fully saturated rings. The molecule has 0 aromatic heterocycles. The number of alkyl halides is 3. The number of benzene rings is 1. The molecule has 1 aromatic rings. The number of nitrogens with zero attached hydrogens (tertiary/aromatic N) is 1. The highest BCUT2D eigenvalue weighted by Crippen LogP contribution is 2.29. The van der Waals surface area contributed by atoms with E-state index in [4.69, 9.17) is 11.0 Å². The summed E-state index contributed by atoms with van der Waals surface area (Å²) < 4.78 is 36.2. The lowest BCUT2D eigenvalue weighted by molar-refractivity contribution is -0.138. The minimum Gasteiger partial charge on any atom is -0.324 e. The zero-order valence-electron chi connectivity index (χ0n) is 7.75. The molecule has 5 heteroatoms. The summed E-state index contributed by atoms with van der Waals surface area (Å²) in [6.45, 7) is 0. The van der Waals surface area contributed by atoms with E-state index in [9.17, 15) is 13.2 Å². The molecule has 15 heavy (non-hydrogen) atoms. The van der Waals surface area contributed by atoms with E-state index in [-0.39, 0.29) is 11.1 Å². The van der Waals surface area contributed by atoms with Gasteiger partial charge in [0, 0.05) is 6.04 Å². The Hall–Kier alpha value is -1.54. The van der Waals surface area contributed by atoms with Gasteiger partial charge in [0.1, 0.15) is 0 Å². The predicted molar refractivity (Wildman–Crippen MR) is 48.8 cm³/mol. The molecule has 0 amide bonds. The highest BCUT2D eigenvalue weighted by Gasteiger charge is 2.31. The third-order valence-electron chi connectivity index (χ3n) is 1.93. The van der Waals surface area contributed by atoms with Crippen LogP contribution in [0.1, 0.15) is 23.6 Å². The number of rotatable bonds is 2. The maximum absolute atomic E-state index is 12.1. The van der Waals surface area contributed by atoms with Crippen molar-refractivity contribution in [2.24, 2.45) is 5.73 Å². The minimum absolute atomic E-state index is 0.189. The Morgan fingerprint density at radius 2 is 1.93 bits per heavy atom. The maximum Gasteiger partial charge on any atom is 0.390 e. The van der Waals surface area contributed by atoms with Crippen LogP contribution in [0.2, 0.25) is 0 Å². The van der Waals surface area contributed by atoms with Crippen LogP contribution in [0.15, 0.2) is 24.3 Å². The Bertz CT molecular complexity index is 379. The Morgan fingerprint density at radius 1 is 1.33 bits per heavy atom. The van der Waals surface area contributed by atoms with Gasteiger partial charge in [-0.1, -0.05) is 18.2 Å². The summed E-state index contributed by atoms with van der Waals surface area (Å²) in [5, 5.41) is 8.68. The highest BCUT2D eigenvalue weighted by molar-refractivity contribution is 5.39. The molecule has 2 nitrogen and oxygen atoms in total. The fraction of sp³-hybridized carbons (Fsp3) is 0.300. The van der Waals surface area contributed by atoms with Gasteiger partial charge < -0.3 is 5.73 Å². The number of nitrogens with two attached hydrogens (primary N) is 1. The molecule has 80 valence electrons. The molecule has 0 heterocycles. The summed E-state index contributed by atoms with van der Waals surface area (Å²) in [6, 6.07) is 6.67. The van der Waals surface area contributed by atoms with E-state index in [1.165, 1.54) is 12.1 Å². The molecule has 0 saturated heterocycles. The molecule has 1 atom stereocenters. The van der Waals surface area contributed by atoms with Gasteiger partial charge in [-0.15, -0.1) is 0 Å². The first-order valence-electron chi connectivity index (χ1n) is 4.25. The molecule has 1 rings (SSSR count). The van der Waals surface area contributed by atoms with Crippen LogP contribution in [0.4, 0.5) is 13.2 Å². The van der Waals surface area contributed by atoms with E-state index in [1.54, 1.807) is 12.1 Å². The monoisotopic (exact) mass is 214 g/mol. The van der Waals surface area contributed by atoms with E-state index >= 15 is 0 Å². The van der Waals surface area contributed by atoms with Gasteiger partial charge in [-0.2, -0.15) is 18.4 Å². The Kier molecular flexibility index (Phi) is 3.32. The van der Waals surface area contributed by atoms with Crippen LogP contribution in [0.5, 0.6) is 0 Å². The molecule has 0 aliphatic rings. The van der Waals surface area contributed by atoms with Gasteiger partial charge in [-0.05, 0) is 11.6 Å². The van der Waals surface area contributed by atoms with Crippen LogP contribution in [0.25, 0.3) is 0 Å². The van der Waals surface area contributed by atoms with Crippen molar-refractivity contribution >= 4 is 0 Å². The third-order valence-corrected chi connectivity index (χ3v) is 1.93. The quantitative estimate of drug-likeness (QED) is 0.822. The lowest BCUT2D eigenvalue weighted by atomic mass is 9.99. The molecular weight excluding hydrogens is 205 g/mol. The number of hydrogen-bond donors (Lipinski definition) is 1. The van der Waals surface area contributed by atoms with Crippen LogP contribution in [-0.4, -0.2) is 6.18 Å². The molecule has 0 radical (unpaired) electrons. The Labute approximate surface area is 85.1 Å². The summed E-state index contributed by atoms with van der Waals surface area (Å²) in [6.07, 6.45) is -5.44. The summed E-state index contributed by atoms with van der Waals surface area (Å²) in [5.41, 5.74) is 5.81. The average molecular weight is 214 g/mol. The second kappa shape index (κ2) is 4.32. The molecule has 0 aliphatic carbocycles. The topological polar surface area (TPSA) is 49.8 Å². The third kappa shape index (κ3) is 3.26. The lowest BCUT2D eigenvalue weighted by Gasteiger charge is -2.15. The second-order valence-electron chi connectivity index (χ2n) is 3.12. The second-order valence-corrected chi connectivity index (χ2v) is 3.12. The van der Waals surface area contributed by atoms with Crippen LogP contribution < -0.4 is 5.73 Å². The molecule has 0 spiro atoms. The van der Waals surface area contributed by atoms with Gasteiger partial charge in [0.15, 0.2) is 0 Å². The van der Waals surface area contributed by atoms with Gasteiger partial charge >= 0.3 is 6.18 Å². The predicted octanol–water partition coefficient (Wildman–Crippen LogP) is 2.51. The van der Waals surface area contributed by atoms with Crippen molar-refractivity contribution < 1.29 is 13.2 Å². The average Bonchev–Trinajstić information content (AvgIpc) is 2.15. The van der Waals surface area contributed by atoms with E-state index < -0.39 is 18.6 Å². The van der Waals surface area contributed by atoms with Crippen LogP contribution >= 0.6 is 0 Å². The summed E-state index contributed by atoms with van der Waals surface area (Å²) in [4.78, 5) is 0. The SMILES string of the molecule is N#Cc1ccccc1[C@H](N)CC(F)(F)F. The molecule has 0 saturated carbocycles. The van der Waals surface area contributed by atoms with Gasteiger partial charge in [0.2, 0.25) is 0 Å². The van der Waals surface area contributed by atoms with E-state index in [0.717, 1.165) is 0 Å². The lowest BCUT2D eigenvalue weighted by Crippen LogP contribution is -2.20. The van der Waals surface area contributed by atoms with E-state index in [2.05, 4.69) is 0 Å². The van der Waals surface area contributed by atoms with Crippen LogP contribution in [0.3, 0.4) is 0 Å². The standard InChI is InChI=1S/C10H9F3N2/c11-10(12,13)5-9(15)8-4-2-1-3-7(8)6-14/h1-4,9H,5,15H2/t9-/m1/s1. The molecule has 0 aliphatic heterocycles. The van der Waals surface area contributed by atoms with Crippen molar-refractivity contribution in [2.45, 2.75) is 18.6 Å². The molecular formula is C10H9F3N2. The Morgan fingerprint density at radius 3 is 2.47 bits per heavy atom. The van der Waals surface area contributed by atoms with E-state index in [1.807, 2.05) is 6.07 Å². The normalized spacial score (nSPS) is 13.3. The molecule has 0 bridgehead atoms. The largest absolute Gasteiger partial charge is 0.390 e. The molecule has 1 aromatic carbocycles. The fourth-order valence-corrected chi connectivity index (χ4v) is 1.28. The van der Waals surface area contributed by atoms with Crippen molar-refractivity contribution in [1.82, 2.24) is 0 Å². The maximum atomic E-state index is 12.1. The number of hydrogen-bond acceptors (Lipinski definition) is 2. The van der Waals surface area contributed by atoms with Crippen molar-refractivity contribution in [3.63, 3.8) is 0 Å². The zero-order valence-corrected chi connectivity index (χ0v) is 7.75. The minimum atomic E-state index is -4.32. The van der Waals surface area contributed by atoms with Gasteiger partial charge in [0.25, 0.3) is 0 Å². The first-order valence-corrected chi connectivity index (χ1v) is 4.25. The van der Waals surface area contributed by atoms with Crippen LogP contribution in [-0.2, 0) is 0 Å². The first-order chi connectivity index (χ1) is 6.94. The van der Waals surface area contributed by atoms with Crippen LogP contribution in [0, 0.1) is 11.3 Å². The first kappa shape index (κ1) is 11.5. The van der Waals surface area contributed by atoms with Crippen molar-refractivity contribution in [1.29, 1.82) is 5.26 Å². The molecule has 0 unspecified atom stereocenters. The summed E-state index contributed by atoms with van der Waals surface area (Å²) in [7, 11) is 0. The van der Waals surface area contributed by atoms with Crippen molar-refractivity contribution in [3.8, 4) is 6.07 Å². The van der Waals surface area contributed by atoms with Crippen molar-refractivity contribution in [3.05, 3.63) is 35.4 Å². The highest BCUT2D eigenvalue weighted by atomic mass is 19.4.